The molecule has 78 valence electrons. The van der Waals surface area contributed by atoms with Crippen LogP contribution in [0.1, 0.15) is 19.8 Å². The lowest BCUT2D eigenvalue weighted by Crippen LogP contribution is -2.19. The molecule has 0 aliphatic carbocycles. The summed E-state index contributed by atoms with van der Waals surface area (Å²) in [6.45, 7) is 1.90. The summed E-state index contributed by atoms with van der Waals surface area (Å²) in [4.78, 5) is 11.4. The third-order valence-electron chi connectivity index (χ3n) is 1.66. The Balaban J connectivity index is 2.34. The number of nitrogens with two attached hydrogens (primary N) is 1. The smallest absolute Gasteiger partial charge is 0.225 e. The lowest BCUT2D eigenvalue weighted by Gasteiger charge is -2.04. The molecule has 1 heterocycles. The van der Waals surface area contributed by atoms with E-state index in [9.17, 15) is 4.79 Å². The molecule has 14 heavy (non-hydrogen) atoms. The van der Waals surface area contributed by atoms with Crippen LogP contribution in [0.5, 0.6) is 0 Å². The van der Waals surface area contributed by atoms with Gasteiger partial charge >= 0.3 is 0 Å². The largest absolute Gasteiger partial charge is 0.328 e. The zero-order chi connectivity index (χ0) is 10.6. The molecule has 0 aliphatic rings. The number of carbonyl (C=O) groups excluding carboxylic acids is 1. The van der Waals surface area contributed by atoms with Gasteiger partial charge in [0, 0.05) is 12.5 Å². The van der Waals surface area contributed by atoms with Crippen LogP contribution in [-0.2, 0) is 4.79 Å². The predicted molar refractivity (Wildman–Crippen MR) is 63.5 cm³/mol. The highest BCUT2D eigenvalue weighted by Crippen LogP contribution is 2.26. The number of amides is 1. The number of nitrogens with one attached hydrogen (secondary N) is 1. The zero-order valence-corrected chi connectivity index (χ0v) is 10.3. The van der Waals surface area contributed by atoms with Crippen molar-refractivity contribution in [3.8, 4) is 0 Å². The van der Waals surface area contributed by atoms with E-state index in [0.29, 0.717) is 6.42 Å². The average molecular weight is 277 g/mol. The predicted octanol–water partition coefficient (Wildman–Crippen LogP) is 2.58. The van der Waals surface area contributed by atoms with Crippen molar-refractivity contribution in [2.24, 2.45) is 5.73 Å². The summed E-state index contributed by atoms with van der Waals surface area (Å²) in [6, 6.07) is 3.86. The molecule has 0 saturated carbocycles. The number of hydrogen-bond donors (Lipinski definition) is 2. The Morgan fingerprint density at radius 2 is 2.43 bits per heavy atom. The number of carbonyl (C=O) groups is 1. The Hall–Kier alpha value is -0.390. The molecule has 5 heteroatoms. The fraction of sp³-hybridized carbons (Fsp3) is 0.444. The second-order valence-corrected chi connectivity index (χ2v) is 5.63. The van der Waals surface area contributed by atoms with E-state index >= 15 is 0 Å². The molecule has 1 aromatic heterocycles. The van der Waals surface area contributed by atoms with Gasteiger partial charge in [-0.1, -0.05) is 0 Å². The van der Waals surface area contributed by atoms with Crippen LogP contribution >= 0.6 is 27.3 Å². The van der Waals surface area contributed by atoms with Crippen LogP contribution in [0.25, 0.3) is 0 Å². The van der Waals surface area contributed by atoms with E-state index in [1.165, 1.54) is 11.3 Å². The standard InChI is InChI=1S/C9H13BrN2OS/c1-6(11)2-4-8(13)12-9-5-3-7(10)14-9/h3,5-6H,2,4,11H2,1H3,(H,12,13). The van der Waals surface area contributed by atoms with Crippen molar-refractivity contribution in [3.05, 3.63) is 15.9 Å². The third-order valence-corrected chi connectivity index (χ3v) is 3.20. The van der Waals surface area contributed by atoms with Gasteiger partial charge in [0.15, 0.2) is 0 Å². The molecule has 0 bridgehead atoms. The van der Waals surface area contributed by atoms with Crippen molar-refractivity contribution in [2.45, 2.75) is 25.8 Å². The van der Waals surface area contributed by atoms with E-state index in [-0.39, 0.29) is 11.9 Å². The van der Waals surface area contributed by atoms with Crippen LogP contribution in [0.3, 0.4) is 0 Å². The molecule has 1 amide bonds. The highest BCUT2D eigenvalue weighted by Gasteiger charge is 2.05. The summed E-state index contributed by atoms with van der Waals surface area (Å²) >= 11 is 4.84. The number of anilines is 1. The second kappa shape index (κ2) is 5.48. The maximum absolute atomic E-state index is 11.4. The molecule has 0 aromatic carbocycles. The summed E-state index contributed by atoms with van der Waals surface area (Å²) in [7, 11) is 0. The van der Waals surface area contributed by atoms with Crippen molar-refractivity contribution >= 4 is 38.2 Å². The van der Waals surface area contributed by atoms with Gasteiger partial charge in [-0.05, 0) is 41.4 Å². The first-order valence-electron chi connectivity index (χ1n) is 4.38. The molecule has 0 radical (unpaired) electrons. The third kappa shape index (κ3) is 4.21. The molecule has 0 aliphatic heterocycles. The summed E-state index contributed by atoms with van der Waals surface area (Å²) in [5.74, 6) is 0.0247. The highest BCUT2D eigenvalue weighted by atomic mass is 79.9. The van der Waals surface area contributed by atoms with Crippen LogP contribution in [0.15, 0.2) is 15.9 Å². The number of halogens is 1. The van der Waals surface area contributed by atoms with E-state index in [2.05, 4.69) is 21.2 Å². The van der Waals surface area contributed by atoms with Gasteiger partial charge in [-0.2, -0.15) is 0 Å². The van der Waals surface area contributed by atoms with Crippen LogP contribution < -0.4 is 11.1 Å². The molecular formula is C9H13BrN2OS. The summed E-state index contributed by atoms with van der Waals surface area (Å²) in [5, 5.41) is 3.68. The van der Waals surface area contributed by atoms with Crippen molar-refractivity contribution in [1.82, 2.24) is 0 Å². The number of rotatable bonds is 4. The number of hydrogen-bond acceptors (Lipinski definition) is 3. The Bertz CT molecular complexity index is 312. The van der Waals surface area contributed by atoms with Crippen LogP contribution in [0.2, 0.25) is 0 Å². The Morgan fingerprint density at radius 3 is 2.93 bits per heavy atom. The van der Waals surface area contributed by atoms with E-state index in [0.717, 1.165) is 15.2 Å². The molecule has 1 unspecified atom stereocenters. The van der Waals surface area contributed by atoms with Crippen molar-refractivity contribution in [2.75, 3.05) is 5.32 Å². The van der Waals surface area contributed by atoms with Gasteiger partial charge in [0.25, 0.3) is 0 Å². The number of thiophene rings is 1. The first kappa shape index (κ1) is 11.7. The van der Waals surface area contributed by atoms with Gasteiger partial charge in [-0.25, -0.2) is 0 Å². The summed E-state index contributed by atoms with van der Waals surface area (Å²) in [5.41, 5.74) is 5.55. The lowest BCUT2D eigenvalue weighted by atomic mass is 10.2. The average Bonchev–Trinajstić information content (AvgIpc) is 2.48. The summed E-state index contributed by atoms with van der Waals surface area (Å²) < 4.78 is 1.01. The van der Waals surface area contributed by atoms with Gasteiger partial charge in [-0.15, -0.1) is 11.3 Å². The monoisotopic (exact) mass is 276 g/mol. The molecule has 0 fully saturated rings. The maximum atomic E-state index is 11.4. The van der Waals surface area contributed by atoms with Crippen molar-refractivity contribution in [3.63, 3.8) is 0 Å². The molecule has 0 saturated heterocycles. The lowest BCUT2D eigenvalue weighted by molar-refractivity contribution is -0.116. The molecule has 1 rings (SSSR count). The molecule has 1 aromatic rings. The van der Waals surface area contributed by atoms with Crippen LogP contribution in [0, 0.1) is 0 Å². The van der Waals surface area contributed by atoms with Gasteiger partial charge < -0.3 is 11.1 Å². The summed E-state index contributed by atoms with van der Waals surface area (Å²) in [6.07, 6.45) is 1.20. The topological polar surface area (TPSA) is 55.1 Å². The maximum Gasteiger partial charge on any atom is 0.225 e. The van der Waals surface area contributed by atoms with Crippen molar-refractivity contribution < 1.29 is 4.79 Å². The quantitative estimate of drug-likeness (QED) is 0.888. The first-order valence-corrected chi connectivity index (χ1v) is 5.99. The first-order chi connectivity index (χ1) is 6.58. The molecule has 1 atom stereocenters. The molecule has 3 nitrogen and oxygen atoms in total. The SMILES string of the molecule is CC(N)CCC(=O)Nc1ccc(Br)s1. The minimum absolute atomic E-state index is 0.0247. The minimum atomic E-state index is 0.0247. The molecular weight excluding hydrogens is 264 g/mol. The van der Waals surface area contributed by atoms with E-state index in [1.807, 2.05) is 19.1 Å². The van der Waals surface area contributed by atoms with Gasteiger partial charge in [-0.3, -0.25) is 4.79 Å². The van der Waals surface area contributed by atoms with Gasteiger partial charge in [0.05, 0.1) is 8.79 Å². The fourth-order valence-electron chi connectivity index (χ4n) is 0.940. The fourth-order valence-corrected chi connectivity index (χ4v) is 2.24. The van der Waals surface area contributed by atoms with Crippen molar-refractivity contribution in [1.29, 1.82) is 0 Å². The Kier molecular flexibility index (Phi) is 4.57. The zero-order valence-electron chi connectivity index (χ0n) is 7.92. The highest BCUT2D eigenvalue weighted by molar-refractivity contribution is 9.11. The van der Waals surface area contributed by atoms with E-state index in [1.54, 1.807) is 0 Å². The van der Waals surface area contributed by atoms with Gasteiger partial charge in [0.1, 0.15) is 0 Å². The van der Waals surface area contributed by atoms with E-state index < -0.39 is 0 Å². The van der Waals surface area contributed by atoms with Crippen LogP contribution in [0.4, 0.5) is 5.00 Å². The Morgan fingerprint density at radius 1 is 1.71 bits per heavy atom. The van der Waals surface area contributed by atoms with Crippen LogP contribution in [-0.4, -0.2) is 11.9 Å². The molecule has 0 spiro atoms. The second-order valence-electron chi connectivity index (χ2n) is 3.17. The van der Waals surface area contributed by atoms with Gasteiger partial charge in [0.2, 0.25) is 5.91 Å². The van der Waals surface area contributed by atoms with E-state index in [4.69, 9.17) is 5.73 Å². The minimum Gasteiger partial charge on any atom is -0.328 e. The molecule has 3 N–H and O–H groups in total. The normalized spacial score (nSPS) is 12.5. The Labute approximate surface area is 95.8 Å².